The van der Waals surface area contributed by atoms with E-state index in [1.807, 2.05) is 48.4 Å². The molecule has 0 unspecified atom stereocenters. The number of urea groups is 1. The SMILES string of the molecule is Cc1ccc(NC(=O)NC(=O)CN(Cc2cccs2)C[C@@H]2CCCO2)cc1C. The van der Waals surface area contributed by atoms with Gasteiger partial charge in [-0.05, 0) is 61.4 Å². The van der Waals surface area contributed by atoms with Crippen LogP contribution in [0, 0.1) is 13.8 Å². The second kappa shape index (κ2) is 9.82. The van der Waals surface area contributed by atoms with Crippen LogP contribution in [0.2, 0.25) is 0 Å². The van der Waals surface area contributed by atoms with Crippen LogP contribution in [0.15, 0.2) is 35.7 Å². The summed E-state index contributed by atoms with van der Waals surface area (Å²) in [6.07, 6.45) is 2.22. The number of aryl methyl sites for hydroxylation is 2. The number of hydrogen-bond donors (Lipinski definition) is 2. The highest BCUT2D eigenvalue weighted by Gasteiger charge is 2.22. The van der Waals surface area contributed by atoms with Crippen LogP contribution in [0.1, 0.15) is 28.8 Å². The molecule has 3 rings (SSSR count). The van der Waals surface area contributed by atoms with E-state index in [-0.39, 0.29) is 18.6 Å². The van der Waals surface area contributed by atoms with Gasteiger partial charge < -0.3 is 10.1 Å². The molecule has 2 aromatic rings. The van der Waals surface area contributed by atoms with Crippen molar-refractivity contribution < 1.29 is 14.3 Å². The summed E-state index contributed by atoms with van der Waals surface area (Å²) in [4.78, 5) is 27.8. The lowest BCUT2D eigenvalue weighted by atomic mass is 10.1. The van der Waals surface area contributed by atoms with Crippen molar-refractivity contribution in [2.75, 3.05) is 25.0 Å². The first-order chi connectivity index (χ1) is 13.5. The smallest absolute Gasteiger partial charge is 0.325 e. The zero-order valence-corrected chi connectivity index (χ0v) is 17.2. The molecule has 3 amide bonds. The average Bonchev–Trinajstić information content (AvgIpc) is 3.32. The van der Waals surface area contributed by atoms with Gasteiger partial charge in [-0.3, -0.25) is 15.0 Å². The Hall–Kier alpha value is -2.22. The minimum atomic E-state index is -0.513. The summed E-state index contributed by atoms with van der Waals surface area (Å²) in [5.41, 5.74) is 2.91. The van der Waals surface area contributed by atoms with Gasteiger partial charge in [0.25, 0.3) is 0 Å². The van der Waals surface area contributed by atoms with Crippen molar-refractivity contribution in [1.82, 2.24) is 10.2 Å². The number of nitrogens with zero attached hydrogens (tertiary/aromatic N) is 1. The van der Waals surface area contributed by atoms with Crippen LogP contribution in [-0.2, 0) is 16.1 Å². The Morgan fingerprint density at radius 2 is 2.11 bits per heavy atom. The number of anilines is 1. The van der Waals surface area contributed by atoms with E-state index >= 15 is 0 Å². The molecule has 1 atom stereocenters. The quantitative estimate of drug-likeness (QED) is 0.742. The van der Waals surface area contributed by atoms with Crippen molar-refractivity contribution >= 4 is 29.0 Å². The molecule has 1 aromatic heterocycles. The number of amides is 3. The molecule has 1 aliphatic rings. The zero-order valence-electron chi connectivity index (χ0n) is 16.4. The van der Waals surface area contributed by atoms with Crippen molar-refractivity contribution in [2.24, 2.45) is 0 Å². The Labute approximate surface area is 169 Å². The van der Waals surface area contributed by atoms with Gasteiger partial charge in [0.2, 0.25) is 5.91 Å². The summed E-state index contributed by atoms with van der Waals surface area (Å²) in [5, 5.41) is 7.17. The van der Waals surface area contributed by atoms with Crippen LogP contribution >= 0.6 is 11.3 Å². The van der Waals surface area contributed by atoms with Gasteiger partial charge in [0.15, 0.2) is 0 Å². The van der Waals surface area contributed by atoms with Gasteiger partial charge in [-0.15, -0.1) is 11.3 Å². The molecule has 28 heavy (non-hydrogen) atoms. The molecule has 2 N–H and O–H groups in total. The van der Waals surface area contributed by atoms with Gasteiger partial charge >= 0.3 is 6.03 Å². The number of rotatable bonds is 7. The van der Waals surface area contributed by atoms with Crippen LogP contribution in [-0.4, -0.2) is 42.6 Å². The molecule has 1 fully saturated rings. The predicted octanol–water partition coefficient (Wildman–Crippen LogP) is 3.69. The normalized spacial score (nSPS) is 16.3. The van der Waals surface area contributed by atoms with Crippen LogP contribution in [0.3, 0.4) is 0 Å². The van der Waals surface area contributed by atoms with Gasteiger partial charge in [0, 0.05) is 30.3 Å². The summed E-state index contributed by atoms with van der Waals surface area (Å²) in [7, 11) is 0. The maximum Gasteiger partial charge on any atom is 0.325 e. The number of nitrogens with one attached hydrogen (secondary N) is 2. The molecule has 0 radical (unpaired) electrons. The van der Waals surface area contributed by atoms with E-state index in [2.05, 4.69) is 16.7 Å². The van der Waals surface area contributed by atoms with Crippen molar-refractivity contribution in [1.29, 1.82) is 0 Å². The Balaban J connectivity index is 1.54. The largest absolute Gasteiger partial charge is 0.377 e. The molecule has 6 nitrogen and oxygen atoms in total. The molecule has 0 aliphatic carbocycles. The van der Waals surface area contributed by atoms with Gasteiger partial charge in [-0.2, -0.15) is 0 Å². The van der Waals surface area contributed by atoms with E-state index in [9.17, 15) is 9.59 Å². The maximum absolute atomic E-state index is 12.4. The third-order valence-electron chi connectivity index (χ3n) is 4.83. The van der Waals surface area contributed by atoms with E-state index < -0.39 is 6.03 Å². The van der Waals surface area contributed by atoms with Gasteiger partial charge in [0.1, 0.15) is 0 Å². The highest BCUT2D eigenvalue weighted by molar-refractivity contribution is 7.09. The standard InChI is InChI=1S/C21H27N3O3S/c1-15-7-8-17(11-16(15)2)22-21(26)23-20(25)14-24(12-18-5-3-9-27-18)13-19-6-4-10-28-19/h4,6-8,10-11,18H,3,5,9,12-14H2,1-2H3,(H2,22,23,25,26)/t18-/m0/s1. The Kier molecular flexibility index (Phi) is 7.19. The van der Waals surface area contributed by atoms with E-state index in [4.69, 9.17) is 4.74 Å². The fourth-order valence-corrected chi connectivity index (χ4v) is 3.98. The second-order valence-electron chi connectivity index (χ2n) is 7.19. The summed E-state index contributed by atoms with van der Waals surface area (Å²) in [5.74, 6) is -0.323. The summed E-state index contributed by atoms with van der Waals surface area (Å²) in [6, 6.07) is 9.20. The third kappa shape index (κ3) is 6.15. The first-order valence-electron chi connectivity index (χ1n) is 9.54. The van der Waals surface area contributed by atoms with Gasteiger partial charge in [0.05, 0.1) is 12.6 Å². The molecule has 0 bridgehead atoms. The number of hydrogen-bond acceptors (Lipinski definition) is 5. The predicted molar refractivity (Wildman–Crippen MR) is 112 cm³/mol. The Bertz CT molecular complexity index is 801. The lowest BCUT2D eigenvalue weighted by molar-refractivity contribution is -0.121. The van der Waals surface area contributed by atoms with Crippen molar-refractivity contribution in [2.45, 2.75) is 39.3 Å². The number of benzene rings is 1. The maximum atomic E-state index is 12.4. The fraction of sp³-hybridized carbons (Fsp3) is 0.429. The molecule has 2 heterocycles. The molecule has 7 heteroatoms. The van der Waals surface area contributed by atoms with Crippen LogP contribution in [0.25, 0.3) is 0 Å². The molecule has 1 aliphatic heterocycles. The number of thiophene rings is 1. The molecule has 150 valence electrons. The van der Waals surface area contributed by atoms with Crippen molar-refractivity contribution in [3.63, 3.8) is 0 Å². The average molecular weight is 402 g/mol. The molecule has 1 aromatic carbocycles. The van der Waals surface area contributed by atoms with Crippen LogP contribution in [0.4, 0.5) is 10.5 Å². The number of carbonyl (C=O) groups excluding carboxylic acids is 2. The Morgan fingerprint density at radius 3 is 2.79 bits per heavy atom. The molecular formula is C21H27N3O3S. The van der Waals surface area contributed by atoms with E-state index in [0.717, 1.165) is 30.6 Å². The zero-order chi connectivity index (χ0) is 19.9. The van der Waals surface area contributed by atoms with Gasteiger partial charge in [-0.25, -0.2) is 4.79 Å². The summed E-state index contributed by atoms with van der Waals surface area (Å²) < 4.78 is 5.72. The third-order valence-corrected chi connectivity index (χ3v) is 5.69. The molecule has 0 saturated carbocycles. The lowest BCUT2D eigenvalue weighted by Crippen LogP contribution is -2.43. The van der Waals surface area contributed by atoms with E-state index in [1.54, 1.807) is 11.3 Å². The molecule has 1 saturated heterocycles. The summed E-state index contributed by atoms with van der Waals surface area (Å²) in [6.45, 7) is 6.28. The highest BCUT2D eigenvalue weighted by atomic mass is 32.1. The van der Waals surface area contributed by atoms with Gasteiger partial charge in [-0.1, -0.05) is 12.1 Å². The fourth-order valence-electron chi connectivity index (χ4n) is 3.24. The van der Waals surface area contributed by atoms with E-state index in [0.29, 0.717) is 18.8 Å². The number of ether oxygens (including phenoxy) is 1. The minimum Gasteiger partial charge on any atom is -0.377 e. The monoisotopic (exact) mass is 401 g/mol. The minimum absolute atomic E-state index is 0.150. The Morgan fingerprint density at radius 1 is 1.25 bits per heavy atom. The number of carbonyl (C=O) groups is 2. The lowest BCUT2D eigenvalue weighted by Gasteiger charge is -2.24. The van der Waals surface area contributed by atoms with Crippen LogP contribution < -0.4 is 10.6 Å². The second-order valence-corrected chi connectivity index (χ2v) is 8.22. The van der Waals surface area contributed by atoms with E-state index in [1.165, 1.54) is 4.88 Å². The first-order valence-corrected chi connectivity index (χ1v) is 10.4. The highest BCUT2D eigenvalue weighted by Crippen LogP contribution is 2.17. The molecular weight excluding hydrogens is 374 g/mol. The first kappa shape index (κ1) is 20.5. The molecule has 0 spiro atoms. The summed E-state index contributed by atoms with van der Waals surface area (Å²) >= 11 is 1.66. The van der Waals surface area contributed by atoms with Crippen molar-refractivity contribution in [3.05, 3.63) is 51.7 Å². The van der Waals surface area contributed by atoms with Crippen LogP contribution in [0.5, 0.6) is 0 Å². The topological polar surface area (TPSA) is 70.7 Å². The number of imide groups is 1. The van der Waals surface area contributed by atoms with Crippen molar-refractivity contribution in [3.8, 4) is 0 Å².